The number of aromatic hydroxyl groups is 2. The molecule has 3 rings (SSSR count). The standard InChI is InChI=1S/C22H26O10/c1-30-12-5-2-11(3-6-12)4-7-14(24)18-15(25)8-13(9-16(18)26)31-22-21(29)20(28)19(27)17(10-23)32-22/h2-3,5-6,8-9,17,19-23,25-29H,4,7,10H2,1H3/t17-,19-,20+,21-,22?/m1/s1. The molecule has 10 heteroatoms. The molecule has 1 saturated heterocycles. The van der Waals surface area contributed by atoms with Crippen molar-refractivity contribution in [2.75, 3.05) is 13.7 Å². The molecule has 0 aromatic heterocycles. The lowest BCUT2D eigenvalue weighted by Gasteiger charge is -2.39. The number of ketones is 1. The van der Waals surface area contributed by atoms with E-state index in [9.17, 15) is 35.4 Å². The Kier molecular flexibility index (Phi) is 7.54. The number of Topliss-reactive ketones (excluding diaryl/α,β-unsaturated/α-hetero) is 1. The molecule has 1 aliphatic rings. The van der Waals surface area contributed by atoms with Crippen molar-refractivity contribution >= 4 is 5.78 Å². The maximum absolute atomic E-state index is 12.6. The van der Waals surface area contributed by atoms with Gasteiger partial charge in [-0.1, -0.05) is 12.1 Å². The van der Waals surface area contributed by atoms with E-state index in [4.69, 9.17) is 14.2 Å². The second kappa shape index (κ2) is 10.2. The molecule has 0 amide bonds. The van der Waals surface area contributed by atoms with Crippen molar-refractivity contribution < 1.29 is 49.6 Å². The third kappa shape index (κ3) is 5.12. The Labute approximate surface area is 183 Å². The van der Waals surface area contributed by atoms with Gasteiger partial charge in [-0.05, 0) is 24.1 Å². The first kappa shape index (κ1) is 23.8. The predicted molar refractivity (Wildman–Crippen MR) is 110 cm³/mol. The zero-order valence-corrected chi connectivity index (χ0v) is 17.3. The molecule has 32 heavy (non-hydrogen) atoms. The summed E-state index contributed by atoms with van der Waals surface area (Å²) in [5.74, 6) is -1.04. The largest absolute Gasteiger partial charge is 0.507 e. The molecule has 0 saturated carbocycles. The van der Waals surface area contributed by atoms with Crippen LogP contribution in [0, 0.1) is 0 Å². The van der Waals surface area contributed by atoms with Gasteiger partial charge in [0.05, 0.1) is 13.7 Å². The van der Waals surface area contributed by atoms with E-state index < -0.39 is 54.6 Å². The van der Waals surface area contributed by atoms with E-state index in [0.717, 1.165) is 17.7 Å². The highest BCUT2D eigenvalue weighted by Gasteiger charge is 2.44. The maximum atomic E-state index is 12.6. The SMILES string of the molecule is COc1ccc(CCC(=O)c2c(O)cc(OC3O[C@H](CO)[C@@H](O)[C@H](O)[C@H]3O)cc2O)cc1. The van der Waals surface area contributed by atoms with Crippen molar-refractivity contribution in [2.45, 2.75) is 43.5 Å². The molecule has 0 aliphatic carbocycles. The van der Waals surface area contributed by atoms with Crippen LogP contribution in [-0.4, -0.2) is 80.8 Å². The van der Waals surface area contributed by atoms with E-state index in [-0.39, 0.29) is 17.7 Å². The minimum absolute atomic E-state index is 0.0281. The average Bonchev–Trinajstić information content (AvgIpc) is 2.78. The van der Waals surface area contributed by atoms with Crippen molar-refractivity contribution in [1.82, 2.24) is 0 Å². The molecular weight excluding hydrogens is 424 g/mol. The Morgan fingerprint density at radius 1 is 0.969 bits per heavy atom. The third-order valence-corrected chi connectivity index (χ3v) is 5.25. The van der Waals surface area contributed by atoms with E-state index in [1.807, 2.05) is 12.1 Å². The molecule has 174 valence electrons. The Morgan fingerprint density at radius 3 is 2.16 bits per heavy atom. The third-order valence-electron chi connectivity index (χ3n) is 5.25. The van der Waals surface area contributed by atoms with Crippen molar-refractivity contribution in [3.05, 3.63) is 47.5 Å². The van der Waals surface area contributed by atoms with E-state index in [0.29, 0.717) is 12.2 Å². The summed E-state index contributed by atoms with van der Waals surface area (Å²) in [7, 11) is 1.55. The number of ether oxygens (including phenoxy) is 3. The minimum atomic E-state index is -1.66. The Balaban J connectivity index is 1.69. The highest BCUT2D eigenvalue weighted by atomic mass is 16.7. The number of benzene rings is 2. The number of phenols is 2. The highest BCUT2D eigenvalue weighted by Crippen LogP contribution is 2.35. The van der Waals surface area contributed by atoms with Gasteiger partial charge >= 0.3 is 0 Å². The number of phenolic OH excluding ortho intramolecular Hbond substituents is 2. The lowest BCUT2D eigenvalue weighted by Crippen LogP contribution is -2.60. The van der Waals surface area contributed by atoms with Gasteiger partial charge in [-0.25, -0.2) is 0 Å². The number of carbonyl (C=O) groups excluding carboxylic acids is 1. The molecule has 2 aromatic rings. The summed E-state index contributed by atoms with van der Waals surface area (Å²) in [6.45, 7) is -0.636. The normalized spacial score (nSPS) is 25.3. The first-order chi connectivity index (χ1) is 15.2. The van der Waals surface area contributed by atoms with E-state index in [1.165, 1.54) is 0 Å². The number of carbonyl (C=O) groups is 1. The lowest BCUT2D eigenvalue weighted by molar-refractivity contribution is -0.277. The number of aliphatic hydroxyl groups is 4. The van der Waals surface area contributed by atoms with Crippen LogP contribution in [-0.2, 0) is 11.2 Å². The van der Waals surface area contributed by atoms with Crippen molar-refractivity contribution in [2.24, 2.45) is 0 Å². The van der Waals surface area contributed by atoms with Crippen molar-refractivity contribution in [1.29, 1.82) is 0 Å². The molecule has 1 aliphatic heterocycles. The maximum Gasteiger partial charge on any atom is 0.229 e. The Bertz CT molecular complexity index is 904. The molecule has 0 radical (unpaired) electrons. The van der Waals surface area contributed by atoms with Crippen molar-refractivity contribution in [3.63, 3.8) is 0 Å². The lowest BCUT2D eigenvalue weighted by atomic mass is 9.99. The molecule has 5 atom stereocenters. The number of methoxy groups -OCH3 is 1. The smallest absolute Gasteiger partial charge is 0.229 e. The molecule has 2 aromatic carbocycles. The number of aliphatic hydroxyl groups excluding tert-OH is 4. The van der Waals surface area contributed by atoms with Gasteiger partial charge in [0, 0.05) is 18.6 Å². The van der Waals surface area contributed by atoms with Gasteiger partial charge in [0.1, 0.15) is 53.0 Å². The Morgan fingerprint density at radius 2 is 1.59 bits per heavy atom. The van der Waals surface area contributed by atoms with Crippen LogP contribution >= 0.6 is 0 Å². The molecule has 1 heterocycles. The van der Waals surface area contributed by atoms with Crippen LogP contribution < -0.4 is 9.47 Å². The molecule has 0 spiro atoms. The van der Waals surface area contributed by atoms with Gasteiger partial charge in [0.15, 0.2) is 5.78 Å². The molecular formula is C22H26O10. The second-order valence-electron chi connectivity index (χ2n) is 7.42. The zero-order chi connectivity index (χ0) is 23.4. The first-order valence-electron chi connectivity index (χ1n) is 9.94. The van der Waals surface area contributed by atoms with Crippen molar-refractivity contribution in [3.8, 4) is 23.0 Å². The average molecular weight is 450 g/mol. The number of hydrogen-bond donors (Lipinski definition) is 6. The summed E-state index contributed by atoms with van der Waals surface area (Å²) in [6, 6.07) is 9.26. The van der Waals surface area contributed by atoms with Gasteiger partial charge in [-0.15, -0.1) is 0 Å². The summed E-state index contributed by atoms with van der Waals surface area (Å²) < 4.78 is 15.7. The molecule has 10 nitrogen and oxygen atoms in total. The molecule has 0 bridgehead atoms. The van der Waals surface area contributed by atoms with Crippen LogP contribution in [0.15, 0.2) is 36.4 Å². The summed E-state index contributed by atoms with van der Waals surface area (Å²) in [5, 5.41) is 59.5. The fourth-order valence-electron chi connectivity index (χ4n) is 3.41. The molecule has 1 unspecified atom stereocenters. The van der Waals surface area contributed by atoms with Gasteiger partial charge in [-0.3, -0.25) is 4.79 Å². The van der Waals surface area contributed by atoms with Crippen LogP contribution in [0.3, 0.4) is 0 Å². The van der Waals surface area contributed by atoms with Crippen LogP contribution in [0.4, 0.5) is 0 Å². The number of hydrogen-bond acceptors (Lipinski definition) is 10. The van der Waals surface area contributed by atoms with E-state index in [2.05, 4.69) is 0 Å². The van der Waals surface area contributed by atoms with Gasteiger partial charge in [0.25, 0.3) is 0 Å². The number of rotatable bonds is 8. The quantitative estimate of drug-likeness (QED) is 0.304. The summed E-state index contributed by atoms with van der Waals surface area (Å²) in [6.07, 6.45) is -7.14. The summed E-state index contributed by atoms with van der Waals surface area (Å²) >= 11 is 0. The molecule has 1 fully saturated rings. The van der Waals surface area contributed by atoms with Crippen LogP contribution in [0.2, 0.25) is 0 Å². The van der Waals surface area contributed by atoms with Gasteiger partial charge in [-0.2, -0.15) is 0 Å². The monoisotopic (exact) mass is 450 g/mol. The topological polar surface area (TPSA) is 166 Å². The Hall–Kier alpha value is -2.89. The van der Waals surface area contributed by atoms with E-state index >= 15 is 0 Å². The van der Waals surface area contributed by atoms with E-state index in [1.54, 1.807) is 19.2 Å². The zero-order valence-electron chi connectivity index (χ0n) is 17.3. The summed E-state index contributed by atoms with van der Waals surface area (Å²) in [5.41, 5.74) is 0.598. The summed E-state index contributed by atoms with van der Waals surface area (Å²) in [4.78, 5) is 12.6. The van der Waals surface area contributed by atoms with Gasteiger partial charge < -0.3 is 44.8 Å². The van der Waals surface area contributed by atoms with Gasteiger partial charge in [0.2, 0.25) is 6.29 Å². The highest BCUT2D eigenvalue weighted by molar-refractivity contribution is 6.01. The van der Waals surface area contributed by atoms with Crippen LogP contribution in [0.5, 0.6) is 23.0 Å². The second-order valence-corrected chi connectivity index (χ2v) is 7.42. The predicted octanol–water partition coefficient (Wildman–Crippen LogP) is 0.101. The fraction of sp³-hybridized carbons (Fsp3) is 0.409. The van der Waals surface area contributed by atoms with Crippen LogP contribution in [0.1, 0.15) is 22.3 Å². The van der Waals surface area contributed by atoms with Crippen LogP contribution in [0.25, 0.3) is 0 Å². The first-order valence-corrected chi connectivity index (χ1v) is 9.94. The molecule has 6 N–H and O–H groups in total. The number of aryl methyl sites for hydroxylation is 1. The fourth-order valence-corrected chi connectivity index (χ4v) is 3.41. The minimum Gasteiger partial charge on any atom is -0.507 e.